The number of rotatable bonds is 5. The average molecular weight is 331 g/mol. The number of nitrogens with zero attached hydrogens (tertiary/aromatic N) is 2. The second-order valence-electron chi connectivity index (χ2n) is 6.04. The van der Waals surface area contributed by atoms with E-state index >= 15 is 0 Å². The molecule has 0 aliphatic rings. The molecule has 0 unspecified atom stereocenters. The standard InChI is InChI=1S/C17H21N3O4/c1-17(2,3)20-15(21)11-8-6-7-9-12(11)24-16-18-13(22-4)10-14(19-16)23-5/h6-10H,1-5H3,(H,20,21). The smallest absolute Gasteiger partial charge is 0.328 e. The van der Waals surface area contributed by atoms with E-state index in [1.165, 1.54) is 20.3 Å². The highest BCUT2D eigenvalue weighted by molar-refractivity contribution is 5.97. The largest absolute Gasteiger partial charge is 0.481 e. The van der Waals surface area contributed by atoms with E-state index in [1.54, 1.807) is 24.3 Å². The molecule has 2 rings (SSSR count). The van der Waals surface area contributed by atoms with Gasteiger partial charge in [-0.05, 0) is 32.9 Å². The van der Waals surface area contributed by atoms with Gasteiger partial charge in [-0.1, -0.05) is 12.1 Å². The molecule has 0 aliphatic carbocycles. The van der Waals surface area contributed by atoms with Crippen LogP contribution in [0.2, 0.25) is 0 Å². The van der Waals surface area contributed by atoms with Gasteiger partial charge >= 0.3 is 6.01 Å². The Balaban J connectivity index is 2.32. The van der Waals surface area contributed by atoms with Gasteiger partial charge in [0.2, 0.25) is 11.8 Å². The fourth-order valence-corrected chi connectivity index (χ4v) is 1.89. The Labute approximate surface area is 141 Å². The second kappa shape index (κ2) is 7.16. The third kappa shape index (κ3) is 4.58. The molecule has 7 nitrogen and oxygen atoms in total. The molecule has 0 atom stereocenters. The first-order valence-corrected chi connectivity index (χ1v) is 7.39. The lowest BCUT2D eigenvalue weighted by Crippen LogP contribution is -2.40. The Hall–Kier alpha value is -2.83. The van der Waals surface area contributed by atoms with E-state index in [1.807, 2.05) is 20.8 Å². The van der Waals surface area contributed by atoms with Crippen molar-refractivity contribution in [3.63, 3.8) is 0 Å². The summed E-state index contributed by atoms with van der Waals surface area (Å²) in [5.74, 6) is 0.699. The Morgan fingerprint density at radius 1 is 1.04 bits per heavy atom. The molecular weight excluding hydrogens is 310 g/mol. The Bertz CT molecular complexity index is 704. The predicted octanol–water partition coefficient (Wildman–Crippen LogP) is 2.81. The van der Waals surface area contributed by atoms with Gasteiger partial charge in [-0.25, -0.2) is 0 Å². The van der Waals surface area contributed by atoms with Crippen molar-refractivity contribution in [2.75, 3.05) is 14.2 Å². The molecule has 1 N–H and O–H groups in total. The Morgan fingerprint density at radius 3 is 2.17 bits per heavy atom. The fourth-order valence-electron chi connectivity index (χ4n) is 1.89. The first-order chi connectivity index (χ1) is 11.3. The monoisotopic (exact) mass is 331 g/mol. The highest BCUT2D eigenvalue weighted by Crippen LogP contribution is 2.26. The molecule has 1 amide bonds. The van der Waals surface area contributed by atoms with Gasteiger partial charge in [-0.2, -0.15) is 9.97 Å². The SMILES string of the molecule is COc1cc(OC)nc(Oc2ccccc2C(=O)NC(C)(C)C)n1. The van der Waals surface area contributed by atoms with Gasteiger partial charge in [0.1, 0.15) is 5.75 Å². The number of ether oxygens (including phenoxy) is 3. The molecule has 0 radical (unpaired) electrons. The maximum Gasteiger partial charge on any atom is 0.328 e. The maximum atomic E-state index is 12.4. The minimum absolute atomic E-state index is 0.0298. The molecule has 1 aromatic heterocycles. The van der Waals surface area contributed by atoms with Crippen molar-refractivity contribution in [1.82, 2.24) is 15.3 Å². The summed E-state index contributed by atoms with van der Waals surface area (Å²) in [5, 5.41) is 2.90. The molecule has 0 fully saturated rings. The van der Waals surface area contributed by atoms with E-state index in [9.17, 15) is 4.79 Å². The zero-order valence-corrected chi connectivity index (χ0v) is 14.4. The molecule has 24 heavy (non-hydrogen) atoms. The number of nitrogens with one attached hydrogen (secondary N) is 1. The minimum atomic E-state index is -0.361. The molecule has 0 bridgehead atoms. The van der Waals surface area contributed by atoms with Gasteiger partial charge in [0.05, 0.1) is 25.8 Å². The summed E-state index contributed by atoms with van der Waals surface area (Å²) in [6, 6.07) is 8.44. The molecule has 7 heteroatoms. The summed E-state index contributed by atoms with van der Waals surface area (Å²) in [6.45, 7) is 5.72. The lowest BCUT2D eigenvalue weighted by Gasteiger charge is -2.21. The van der Waals surface area contributed by atoms with Crippen LogP contribution in [0.1, 0.15) is 31.1 Å². The van der Waals surface area contributed by atoms with Crippen LogP contribution in [0, 0.1) is 0 Å². The van der Waals surface area contributed by atoms with E-state index in [-0.39, 0.29) is 17.5 Å². The first kappa shape index (κ1) is 17.5. The number of hydrogen-bond acceptors (Lipinski definition) is 6. The van der Waals surface area contributed by atoms with Crippen molar-refractivity contribution >= 4 is 5.91 Å². The number of hydrogen-bond donors (Lipinski definition) is 1. The zero-order valence-electron chi connectivity index (χ0n) is 14.4. The molecule has 1 heterocycles. The molecule has 1 aromatic carbocycles. The van der Waals surface area contributed by atoms with Crippen molar-refractivity contribution in [3.8, 4) is 23.5 Å². The lowest BCUT2D eigenvalue weighted by molar-refractivity contribution is 0.0917. The summed E-state index contributed by atoms with van der Waals surface area (Å²) in [4.78, 5) is 20.6. The molecule has 0 spiro atoms. The van der Waals surface area contributed by atoms with Crippen LogP contribution in [-0.4, -0.2) is 35.6 Å². The van der Waals surface area contributed by atoms with Crippen molar-refractivity contribution in [3.05, 3.63) is 35.9 Å². The highest BCUT2D eigenvalue weighted by atomic mass is 16.5. The molecule has 0 saturated heterocycles. The molecule has 128 valence electrons. The van der Waals surface area contributed by atoms with Crippen molar-refractivity contribution < 1.29 is 19.0 Å². The van der Waals surface area contributed by atoms with Crippen molar-refractivity contribution in [1.29, 1.82) is 0 Å². The van der Waals surface area contributed by atoms with Crippen LogP contribution in [0.15, 0.2) is 30.3 Å². The maximum absolute atomic E-state index is 12.4. The molecular formula is C17H21N3O4. The fraction of sp³-hybridized carbons (Fsp3) is 0.353. The normalized spacial score (nSPS) is 10.9. The average Bonchev–Trinajstić information content (AvgIpc) is 2.53. The molecule has 2 aromatic rings. The summed E-state index contributed by atoms with van der Waals surface area (Å²) in [7, 11) is 2.96. The van der Waals surface area contributed by atoms with Crippen LogP contribution < -0.4 is 19.5 Å². The summed E-state index contributed by atoms with van der Waals surface area (Å²) in [5.41, 5.74) is 0.0256. The summed E-state index contributed by atoms with van der Waals surface area (Å²) < 4.78 is 15.9. The third-order valence-corrected chi connectivity index (χ3v) is 2.90. The van der Waals surface area contributed by atoms with Crippen LogP contribution >= 0.6 is 0 Å². The van der Waals surface area contributed by atoms with Gasteiger partial charge in [-0.3, -0.25) is 4.79 Å². The second-order valence-corrected chi connectivity index (χ2v) is 6.04. The van der Waals surface area contributed by atoms with Crippen molar-refractivity contribution in [2.45, 2.75) is 26.3 Å². The highest BCUT2D eigenvalue weighted by Gasteiger charge is 2.19. The van der Waals surface area contributed by atoms with Gasteiger partial charge in [0.25, 0.3) is 5.91 Å². The van der Waals surface area contributed by atoms with E-state index in [0.717, 1.165) is 0 Å². The third-order valence-electron chi connectivity index (χ3n) is 2.90. The number of carbonyl (C=O) groups excluding carboxylic acids is 1. The summed E-state index contributed by atoms with van der Waals surface area (Å²) >= 11 is 0. The zero-order chi connectivity index (χ0) is 17.7. The van der Waals surface area contributed by atoms with E-state index in [2.05, 4.69) is 15.3 Å². The minimum Gasteiger partial charge on any atom is -0.481 e. The van der Waals surface area contributed by atoms with E-state index in [0.29, 0.717) is 23.1 Å². The van der Waals surface area contributed by atoms with E-state index < -0.39 is 0 Å². The number of para-hydroxylation sites is 1. The number of methoxy groups -OCH3 is 2. The van der Waals surface area contributed by atoms with Crippen LogP contribution in [0.5, 0.6) is 23.5 Å². The van der Waals surface area contributed by atoms with Gasteiger partial charge in [0, 0.05) is 5.54 Å². The van der Waals surface area contributed by atoms with Crippen LogP contribution in [0.4, 0.5) is 0 Å². The van der Waals surface area contributed by atoms with Crippen molar-refractivity contribution in [2.24, 2.45) is 0 Å². The van der Waals surface area contributed by atoms with Crippen LogP contribution in [0.25, 0.3) is 0 Å². The van der Waals surface area contributed by atoms with Crippen LogP contribution in [0.3, 0.4) is 0 Å². The van der Waals surface area contributed by atoms with Gasteiger partial charge < -0.3 is 19.5 Å². The summed E-state index contributed by atoms with van der Waals surface area (Å²) in [6.07, 6.45) is 0. The van der Waals surface area contributed by atoms with Crippen LogP contribution in [-0.2, 0) is 0 Å². The molecule has 0 aliphatic heterocycles. The van der Waals surface area contributed by atoms with Gasteiger partial charge in [0.15, 0.2) is 0 Å². The molecule has 0 saturated carbocycles. The number of benzene rings is 1. The Kier molecular flexibility index (Phi) is 5.23. The topological polar surface area (TPSA) is 82.6 Å². The lowest BCUT2D eigenvalue weighted by atomic mass is 10.1. The number of carbonyl (C=O) groups is 1. The predicted molar refractivity (Wildman–Crippen MR) is 88.9 cm³/mol. The van der Waals surface area contributed by atoms with E-state index in [4.69, 9.17) is 14.2 Å². The number of amides is 1. The van der Waals surface area contributed by atoms with Gasteiger partial charge in [-0.15, -0.1) is 0 Å². The number of aromatic nitrogens is 2. The Morgan fingerprint density at radius 2 is 1.62 bits per heavy atom. The first-order valence-electron chi connectivity index (χ1n) is 7.39. The quantitative estimate of drug-likeness (QED) is 0.907.